The summed E-state index contributed by atoms with van der Waals surface area (Å²) in [6.45, 7) is 8.89. The van der Waals surface area contributed by atoms with E-state index in [9.17, 15) is 9.59 Å². The Kier molecular flexibility index (Phi) is 7.07. The SMILES string of the molecule is CCCn1c([C@@H](C)N(CC(C)C)C(=O)C(Cl)Cl)nc2ccccc2c1=O. The molecule has 0 aliphatic rings. The Balaban J connectivity index is 2.62. The number of hydrogen-bond donors (Lipinski definition) is 0. The van der Waals surface area contributed by atoms with Gasteiger partial charge < -0.3 is 4.90 Å². The van der Waals surface area contributed by atoms with Crippen molar-refractivity contribution in [1.82, 2.24) is 14.5 Å². The van der Waals surface area contributed by atoms with Crippen LogP contribution in [-0.4, -0.2) is 31.7 Å². The quantitative estimate of drug-likeness (QED) is 0.659. The maximum absolute atomic E-state index is 13.0. The standard InChI is InChI=1S/C19H25Cl2N3O2/c1-5-10-23-17(22-15-9-7-6-8-14(15)18(23)25)13(4)24(11-12(2)3)19(26)16(20)21/h6-9,12-13,16H,5,10-11H2,1-4H3/t13-/m1/s1. The molecule has 0 saturated heterocycles. The summed E-state index contributed by atoms with van der Waals surface area (Å²) in [6.07, 6.45) is 0.783. The van der Waals surface area contributed by atoms with Crippen molar-refractivity contribution in [3.63, 3.8) is 0 Å². The highest BCUT2D eigenvalue weighted by Crippen LogP contribution is 2.24. The second-order valence-corrected chi connectivity index (χ2v) is 7.90. The number of halogens is 2. The molecule has 0 bridgehead atoms. The normalized spacial score (nSPS) is 12.8. The van der Waals surface area contributed by atoms with Crippen LogP contribution in [0.1, 0.15) is 46.0 Å². The molecule has 0 N–H and O–H groups in total. The highest BCUT2D eigenvalue weighted by Gasteiger charge is 2.29. The lowest BCUT2D eigenvalue weighted by molar-refractivity contribution is -0.132. The summed E-state index contributed by atoms with van der Waals surface area (Å²) in [4.78, 5) is 30.7. The van der Waals surface area contributed by atoms with E-state index < -0.39 is 10.9 Å². The molecule has 0 unspecified atom stereocenters. The van der Waals surface area contributed by atoms with E-state index in [1.807, 2.05) is 45.9 Å². The molecule has 0 radical (unpaired) electrons. The predicted octanol–water partition coefficient (Wildman–Crippen LogP) is 4.16. The number of carbonyl (C=O) groups excluding carboxylic acids is 1. The van der Waals surface area contributed by atoms with E-state index in [1.165, 1.54) is 0 Å². The van der Waals surface area contributed by atoms with Gasteiger partial charge in [0.2, 0.25) is 0 Å². The molecule has 0 fully saturated rings. The van der Waals surface area contributed by atoms with Gasteiger partial charge in [-0.15, -0.1) is 0 Å². The van der Waals surface area contributed by atoms with Crippen LogP contribution in [-0.2, 0) is 11.3 Å². The first-order valence-corrected chi connectivity index (χ1v) is 9.73. The molecular weight excluding hydrogens is 373 g/mol. The zero-order valence-corrected chi connectivity index (χ0v) is 17.1. The van der Waals surface area contributed by atoms with E-state index in [2.05, 4.69) is 0 Å². The minimum absolute atomic E-state index is 0.0930. The van der Waals surface area contributed by atoms with Crippen molar-refractivity contribution in [3.8, 4) is 0 Å². The summed E-state index contributed by atoms with van der Waals surface area (Å²) < 4.78 is 1.66. The molecule has 0 spiro atoms. The van der Waals surface area contributed by atoms with Crippen LogP contribution < -0.4 is 5.56 Å². The van der Waals surface area contributed by atoms with Crippen molar-refractivity contribution in [1.29, 1.82) is 0 Å². The molecule has 5 nitrogen and oxygen atoms in total. The fraction of sp³-hybridized carbons (Fsp3) is 0.526. The lowest BCUT2D eigenvalue weighted by Gasteiger charge is -2.32. The van der Waals surface area contributed by atoms with E-state index in [4.69, 9.17) is 28.2 Å². The third-order valence-corrected chi connectivity index (χ3v) is 4.58. The molecule has 0 saturated carbocycles. The molecule has 26 heavy (non-hydrogen) atoms. The van der Waals surface area contributed by atoms with Crippen LogP contribution in [0.4, 0.5) is 0 Å². The van der Waals surface area contributed by atoms with E-state index >= 15 is 0 Å². The van der Waals surface area contributed by atoms with Gasteiger partial charge >= 0.3 is 0 Å². The average molecular weight is 398 g/mol. The Morgan fingerprint density at radius 2 is 1.88 bits per heavy atom. The van der Waals surface area contributed by atoms with Crippen LogP contribution in [0.15, 0.2) is 29.1 Å². The summed E-state index contributed by atoms with van der Waals surface area (Å²) in [7, 11) is 0. The van der Waals surface area contributed by atoms with Crippen molar-refractivity contribution in [2.45, 2.75) is 51.5 Å². The molecule has 0 aliphatic heterocycles. The largest absolute Gasteiger partial charge is 0.330 e. The summed E-state index contributed by atoms with van der Waals surface area (Å²) in [5.41, 5.74) is 0.529. The monoisotopic (exact) mass is 397 g/mol. The van der Waals surface area contributed by atoms with E-state index in [-0.39, 0.29) is 17.4 Å². The average Bonchev–Trinajstić information content (AvgIpc) is 2.60. The van der Waals surface area contributed by atoms with Crippen molar-refractivity contribution in [2.24, 2.45) is 5.92 Å². The Morgan fingerprint density at radius 3 is 2.46 bits per heavy atom. The van der Waals surface area contributed by atoms with Crippen LogP contribution >= 0.6 is 23.2 Å². The molecule has 1 aromatic carbocycles. The summed E-state index contributed by atoms with van der Waals surface area (Å²) in [6, 6.07) is 6.83. The Hall–Kier alpha value is -1.59. The van der Waals surface area contributed by atoms with Crippen LogP contribution in [0.3, 0.4) is 0 Å². The molecule has 2 aromatic rings. The zero-order chi connectivity index (χ0) is 19.4. The molecule has 7 heteroatoms. The lowest BCUT2D eigenvalue weighted by Crippen LogP contribution is -2.42. The minimum Gasteiger partial charge on any atom is -0.330 e. The number of aromatic nitrogens is 2. The second-order valence-electron chi connectivity index (χ2n) is 6.81. The molecule has 1 amide bonds. The molecule has 1 atom stereocenters. The number of para-hydroxylation sites is 1. The number of alkyl halides is 2. The minimum atomic E-state index is -1.15. The number of benzene rings is 1. The molecule has 2 rings (SSSR count). The van der Waals surface area contributed by atoms with Crippen molar-refractivity contribution in [2.75, 3.05) is 6.54 Å². The van der Waals surface area contributed by atoms with Crippen LogP contribution in [0.25, 0.3) is 10.9 Å². The summed E-state index contributed by atoms with van der Waals surface area (Å²) in [5, 5.41) is 0.575. The number of carbonyl (C=O) groups is 1. The Morgan fingerprint density at radius 1 is 1.23 bits per heavy atom. The third kappa shape index (κ3) is 4.38. The molecule has 0 aliphatic carbocycles. The first-order valence-electron chi connectivity index (χ1n) is 8.86. The van der Waals surface area contributed by atoms with E-state index in [0.717, 1.165) is 6.42 Å². The lowest BCUT2D eigenvalue weighted by atomic mass is 10.1. The number of rotatable bonds is 7. The molecular formula is C19H25Cl2N3O2. The predicted molar refractivity (Wildman–Crippen MR) is 107 cm³/mol. The highest BCUT2D eigenvalue weighted by molar-refractivity contribution is 6.53. The highest BCUT2D eigenvalue weighted by atomic mass is 35.5. The van der Waals surface area contributed by atoms with Gasteiger partial charge in [0.1, 0.15) is 5.82 Å². The fourth-order valence-corrected chi connectivity index (χ4v) is 3.29. The molecule has 142 valence electrons. The first-order chi connectivity index (χ1) is 12.3. The molecule has 1 heterocycles. The van der Waals surface area contributed by atoms with E-state index in [1.54, 1.807) is 15.5 Å². The van der Waals surface area contributed by atoms with Crippen LogP contribution in [0.5, 0.6) is 0 Å². The van der Waals surface area contributed by atoms with Crippen molar-refractivity contribution >= 4 is 40.0 Å². The van der Waals surface area contributed by atoms with Gasteiger partial charge in [0.05, 0.1) is 16.9 Å². The van der Waals surface area contributed by atoms with Crippen LogP contribution in [0, 0.1) is 5.92 Å². The van der Waals surface area contributed by atoms with Gasteiger partial charge in [0.25, 0.3) is 11.5 Å². The van der Waals surface area contributed by atoms with Gasteiger partial charge in [-0.3, -0.25) is 14.2 Å². The van der Waals surface area contributed by atoms with Crippen molar-refractivity contribution in [3.05, 3.63) is 40.4 Å². The van der Waals surface area contributed by atoms with Gasteiger partial charge in [-0.25, -0.2) is 4.98 Å². The smallest absolute Gasteiger partial charge is 0.261 e. The summed E-state index contributed by atoms with van der Waals surface area (Å²) in [5.74, 6) is 0.402. The van der Waals surface area contributed by atoms with E-state index in [0.29, 0.717) is 29.8 Å². The number of hydrogen-bond acceptors (Lipinski definition) is 3. The zero-order valence-electron chi connectivity index (χ0n) is 15.6. The van der Waals surface area contributed by atoms with Crippen LogP contribution in [0.2, 0.25) is 0 Å². The number of amides is 1. The summed E-state index contributed by atoms with van der Waals surface area (Å²) >= 11 is 11.7. The molecule has 1 aromatic heterocycles. The van der Waals surface area contributed by atoms with Gasteiger partial charge in [-0.2, -0.15) is 0 Å². The fourth-order valence-electron chi connectivity index (χ4n) is 3.04. The Labute approximate surface area is 163 Å². The number of fused-ring (bicyclic) bond motifs is 1. The van der Waals surface area contributed by atoms with Gasteiger partial charge in [0, 0.05) is 13.1 Å². The van der Waals surface area contributed by atoms with Gasteiger partial charge in [-0.05, 0) is 31.4 Å². The van der Waals surface area contributed by atoms with Gasteiger partial charge in [0.15, 0.2) is 4.84 Å². The first kappa shape index (κ1) is 20.7. The second kappa shape index (κ2) is 8.87. The van der Waals surface area contributed by atoms with Crippen molar-refractivity contribution < 1.29 is 4.79 Å². The maximum atomic E-state index is 13.0. The topological polar surface area (TPSA) is 55.2 Å². The third-order valence-electron chi connectivity index (χ3n) is 4.21. The Bertz CT molecular complexity index is 833. The number of nitrogens with zero attached hydrogens (tertiary/aromatic N) is 3. The van der Waals surface area contributed by atoms with Gasteiger partial charge in [-0.1, -0.05) is 56.1 Å². The maximum Gasteiger partial charge on any atom is 0.261 e.